The van der Waals surface area contributed by atoms with Gasteiger partial charge in [-0.25, -0.2) is 15.0 Å². The molecule has 8 heteroatoms. The van der Waals surface area contributed by atoms with Crippen molar-refractivity contribution in [1.82, 2.24) is 19.9 Å². The molecule has 0 spiro atoms. The first-order valence-corrected chi connectivity index (χ1v) is 12.8. The van der Waals surface area contributed by atoms with Crippen molar-refractivity contribution in [3.63, 3.8) is 0 Å². The van der Waals surface area contributed by atoms with Crippen LogP contribution in [-0.2, 0) is 6.54 Å². The lowest BCUT2D eigenvalue weighted by atomic mass is 10.1. The third kappa shape index (κ3) is 5.12. The van der Waals surface area contributed by atoms with Gasteiger partial charge in [-0.3, -0.25) is 0 Å². The molecule has 2 aromatic heterocycles. The lowest BCUT2D eigenvalue weighted by Gasteiger charge is -2.13. The zero-order chi connectivity index (χ0) is 25.7. The summed E-state index contributed by atoms with van der Waals surface area (Å²) in [7, 11) is 0. The van der Waals surface area contributed by atoms with E-state index in [2.05, 4.69) is 22.5 Å². The van der Waals surface area contributed by atoms with Gasteiger partial charge in [0.2, 0.25) is 11.8 Å². The summed E-state index contributed by atoms with van der Waals surface area (Å²) in [6.07, 6.45) is 8.73. The molecule has 1 aliphatic rings. The van der Waals surface area contributed by atoms with Gasteiger partial charge >= 0.3 is 0 Å². The van der Waals surface area contributed by atoms with E-state index in [-0.39, 0.29) is 0 Å². The van der Waals surface area contributed by atoms with E-state index in [0.29, 0.717) is 37.4 Å². The summed E-state index contributed by atoms with van der Waals surface area (Å²) >= 11 is 0. The lowest BCUT2D eigenvalue weighted by molar-refractivity contribution is 0.313. The average Bonchev–Trinajstić information content (AvgIpc) is 2.96. The van der Waals surface area contributed by atoms with Crippen LogP contribution in [0.4, 0.5) is 11.6 Å². The summed E-state index contributed by atoms with van der Waals surface area (Å²) in [6.45, 7) is 1.62. The number of hydrogen-bond acceptors (Lipinski definition) is 8. The normalized spacial score (nSPS) is 14.9. The summed E-state index contributed by atoms with van der Waals surface area (Å²) in [5.74, 6) is 2.39. The van der Waals surface area contributed by atoms with Crippen molar-refractivity contribution < 1.29 is 9.47 Å². The van der Waals surface area contributed by atoms with Gasteiger partial charge < -0.3 is 20.5 Å². The third-order valence-electron chi connectivity index (χ3n) is 6.40. The molecule has 0 atom stereocenters. The maximum absolute atomic E-state index is 6.20. The SMILES string of the molecule is NCc1ccc(-c2nc3c4cc(ccc4n2)Nc2ncc4cccc(c4n2)OCCC/C=C/CCO3)cc1. The minimum atomic E-state index is 0.483. The molecule has 0 fully saturated rings. The zero-order valence-electron chi connectivity index (χ0n) is 20.9. The van der Waals surface area contributed by atoms with E-state index in [1.165, 1.54) is 0 Å². The molecule has 38 heavy (non-hydrogen) atoms. The zero-order valence-corrected chi connectivity index (χ0v) is 20.9. The van der Waals surface area contributed by atoms with Crippen molar-refractivity contribution in [2.75, 3.05) is 18.5 Å². The van der Waals surface area contributed by atoms with Gasteiger partial charge in [-0.15, -0.1) is 0 Å². The Morgan fingerprint density at radius 1 is 0.868 bits per heavy atom. The van der Waals surface area contributed by atoms with Crippen LogP contribution >= 0.6 is 0 Å². The van der Waals surface area contributed by atoms with Gasteiger partial charge in [0.05, 0.1) is 24.1 Å². The Morgan fingerprint density at radius 2 is 1.76 bits per heavy atom. The predicted molar refractivity (Wildman–Crippen MR) is 150 cm³/mol. The van der Waals surface area contributed by atoms with Crippen LogP contribution in [-0.4, -0.2) is 33.1 Å². The molecule has 3 aromatic carbocycles. The Hall–Kier alpha value is -4.56. The van der Waals surface area contributed by atoms with Gasteiger partial charge in [0.15, 0.2) is 5.82 Å². The molecule has 0 saturated carbocycles. The number of nitrogens with one attached hydrogen (secondary N) is 1. The number of nitrogens with zero attached hydrogens (tertiary/aromatic N) is 4. The van der Waals surface area contributed by atoms with E-state index in [1.54, 1.807) is 6.20 Å². The Kier molecular flexibility index (Phi) is 6.78. The van der Waals surface area contributed by atoms with Crippen LogP contribution in [0.15, 0.2) is 79.0 Å². The van der Waals surface area contributed by atoms with Crippen molar-refractivity contribution in [2.45, 2.75) is 25.8 Å². The summed E-state index contributed by atoms with van der Waals surface area (Å²) in [5, 5.41) is 5.06. The average molecular weight is 505 g/mol. The van der Waals surface area contributed by atoms with Crippen LogP contribution < -0.4 is 20.5 Å². The monoisotopic (exact) mass is 504 g/mol. The maximum Gasteiger partial charge on any atom is 0.227 e. The summed E-state index contributed by atoms with van der Waals surface area (Å²) < 4.78 is 12.3. The number of benzene rings is 3. The number of nitrogens with two attached hydrogens (primary N) is 1. The summed E-state index contributed by atoms with van der Waals surface area (Å²) in [5.41, 5.74) is 10.1. The number of aromatic nitrogens is 4. The standard InChI is InChI=1S/C30H28N6O2/c31-18-20-9-11-21(12-10-20)28-34-25-14-13-23-17-24(25)29(36-28)38-16-5-3-1-2-4-15-37-26-8-6-7-22-19-32-30(33-23)35-27(22)26/h1,3,6-14,17,19H,2,4-5,15-16,18,31H2,(H,32,33,35)/b3-1+. The second-order valence-electron chi connectivity index (χ2n) is 9.10. The molecule has 3 N–H and O–H groups in total. The Morgan fingerprint density at radius 3 is 2.66 bits per heavy atom. The molecule has 0 unspecified atom stereocenters. The molecular weight excluding hydrogens is 476 g/mol. The van der Waals surface area contributed by atoms with Crippen LogP contribution in [0, 0.1) is 0 Å². The molecule has 8 nitrogen and oxygen atoms in total. The highest BCUT2D eigenvalue weighted by atomic mass is 16.5. The van der Waals surface area contributed by atoms with Gasteiger partial charge in [0.1, 0.15) is 11.3 Å². The van der Waals surface area contributed by atoms with E-state index < -0.39 is 0 Å². The van der Waals surface area contributed by atoms with Gasteiger partial charge in [-0.1, -0.05) is 48.6 Å². The Balaban J connectivity index is 1.41. The first-order chi connectivity index (χ1) is 18.8. The summed E-state index contributed by atoms with van der Waals surface area (Å²) in [4.78, 5) is 18.9. The maximum atomic E-state index is 6.20. The fourth-order valence-corrected chi connectivity index (χ4v) is 4.38. The molecule has 4 bridgehead atoms. The molecule has 1 aliphatic heterocycles. The van der Waals surface area contributed by atoms with Gasteiger partial charge in [0.25, 0.3) is 0 Å². The number of anilines is 2. The molecule has 6 rings (SSSR count). The highest BCUT2D eigenvalue weighted by Gasteiger charge is 2.13. The van der Waals surface area contributed by atoms with Crippen LogP contribution in [0.3, 0.4) is 0 Å². The largest absolute Gasteiger partial charge is 0.491 e. The van der Waals surface area contributed by atoms with E-state index in [0.717, 1.165) is 63.6 Å². The van der Waals surface area contributed by atoms with Gasteiger partial charge in [-0.2, -0.15) is 4.98 Å². The first-order valence-electron chi connectivity index (χ1n) is 12.8. The summed E-state index contributed by atoms with van der Waals surface area (Å²) in [6, 6.07) is 19.8. The fourth-order valence-electron chi connectivity index (χ4n) is 4.38. The van der Waals surface area contributed by atoms with Crippen LogP contribution in [0.5, 0.6) is 11.6 Å². The van der Waals surface area contributed by atoms with Crippen molar-refractivity contribution in [2.24, 2.45) is 5.73 Å². The van der Waals surface area contributed by atoms with Crippen LogP contribution in [0.2, 0.25) is 0 Å². The smallest absolute Gasteiger partial charge is 0.227 e. The van der Waals surface area contributed by atoms with Crippen LogP contribution in [0.1, 0.15) is 24.8 Å². The van der Waals surface area contributed by atoms with Crippen molar-refractivity contribution in [3.8, 4) is 23.0 Å². The Labute approximate surface area is 220 Å². The topological polar surface area (TPSA) is 108 Å². The minimum Gasteiger partial charge on any atom is -0.491 e. The minimum absolute atomic E-state index is 0.483. The molecule has 0 amide bonds. The highest BCUT2D eigenvalue weighted by molar-refractivity contribution is 5.89. The van der Waals surface area contributed by atoms with Crippen molar-refractivity contribution >= 4 is 33.4 Å². The molecule has 0 saturated heterocycles. The van der Waals surface area contributed by atoms with E-state index >= 15 is 0 Å². The predicted octanol–water partition coefficient (Wildman–Crippen LogP) is 5.94. The molecule has 190 valence electrons. The van der Waals surface area contributed by atoms with E-state index in [4.69, 9.17) is 30.2 Å². The second-order valence-corrected chi connectivity index (χ2v) is 9.10. The van der Waals surface area contributed by atoms with Crippen molar-refractivity contribution in [1.29, 1.82) is 0 Å². The number of fused-ring (bicyclic) bond motifs is 2. The van der Waals surface area contributed by atoms with Crippen LogP contribution in [0.25, 0.3) is 33.2 Å². The number of hydrogen-bond donors (Lipinski definition) is 2. The third-order valence-corrected chi connectivity index (χ3v) is 6.40. The second kappa shape index (κ2) is 10.8. The number of ether oxygens (including phenoxy) is 2. The quantitative estimate of drug-likeness (QED) is 0.284. The fraction of sp³-hybridized carbons (Fsp3) is 0.200. The molecular formula is C30H28N6O2. The van der Waals surface area contributed by atoms with Gasteiger partial charge in [-0.05, 0) is 49.1 Å². The molecule has 0 radical (unpaired) electrons. The number of rotatable bonds is 2. The molecule has 5 aromatic rings. The van der Waals surface area contributed by atoms with E-state index in [9.17, 15) is 0 Å². The first kappa shape index (κ1) is 23.8. The lowest BCUT2D eigenvalue weighted by Crippen LogP contribution is -2.03. The highest BCUT2D eigenvalue weighted by Crippen LogP contribution is 2.31. The number of para-hydroxylation sites is 1. The molecule has 3 heterocycles. The molecule has 0 aliphatic carbocycles. The Bertz CT molecular complexity index is 1620. The number of allylic oxidation sites excluding steroid dienone is 1. The van der Waals surface area contributed by atoms with Gasteiger partial charge in [0, 0.05) is 29.4 Å². The van der Waals surface area contributed by atoms with Crippen molar-refractivity contribution in [3.05, 3.63) is 84.6 Å². The van der Waals surface area contributed by atoms with E-state index in [1.807, 2.05) is 60.7 Å².